The maximum Gasteiger partial charge on any atom is 0.353 e. The van der Waals surface area contributed by atoms with Gasteiger partial charge in [0.1, 0.15) is 18.6 Å². The van der Waals surface area contributed by atoms with Crippen LogP contribution >= 0.6 is 11.8 Å². The fourth-order valence-electron chi connectivity index (χ4n) is 8.29. The lowest BCUT2D eigenvalue weighted by atomic mass is 9.63. The van der Waals surface area contributed by atoms with Crippen molar-refractivity contribution in [3.05, 3.63) is 16.9 Å². The van der Waals surface area contributed by atoms with E-state index in [9.17, 15) is 24.3 Å². The average molecular weight is 586 g/mol. The van der Waals surface area contributed by atoms with Gasteiger partial charge in [0, 0.05) is 47.8 Å². The van der Waals surface area contributed by atoms with Gasteiger partial charge in [0.2, 0.25) is 17.7 Å². The summed E-state index contributed by atoms with van der Waals surface area (Å²) in [6.45, 7) is 6.99. The van der Waals surface area contributed by atoms with Crippen LogP contribution in [0.15, 0.2) is 16.9 Å². The number of carbonyl (C=O) groups excluding carboxylic acids is 3. The van der Waals surface area contributed by atoms with Crippen molar-refractivity contribution < 1.29 is 24.3 Å². The van der Waals surface area contributed by atoms with E-state index in [0.717, 1.165) is 19.6 Å². The minimum atomic E-state index is -1.13. The molecule has 4 saturated heterocycles. The number of carboxylic acid groups (broad SMARTS) is 1. The Hall–Kier alpha value is -3.04. The molecule has 7 rings (SSSR count). The maximum atomic E-state index is 13.4. The first-order valence-electron chi connectivity index (χ1n) is 14.5. The van der Waals surface area contributed by atoms with Crippen LogP contribution in [-0.2, 0) is 25.7 Å². The SMILES string of the molecule is CC1C(S[C@@H]2CN[C@H](C(=O)N3CC4C(C3)[C@@H]3CCNC43)C2)=C(C(=O)O)N2C(=O)[C@H]([C@@H](C)NC(=O)Cn3cnnn3)[C@@H]12. The van der Waals surface area contributed by atoms with Crippen LogP contribution in [0.4, 0.5) is 0 Å². The molecule has 3 amide bonds. The van der Waals surface area contributed by atoms with E-state index in [1.54, 1.807) is 6.92 Å². The van der Waals surface area contributed by atoms with Crippen LogP contribution in [0.5, 0.6) is 0 Å². The van der Waals surface area contributed by atoms with Gasteiger partial charge in [-0.2, -0.15) is 0 Å². The number of fused-ring (bicyclic) bond motifs is 5. The van der Waals surface area contributed by atoms with Crippen molar-refractivity contribution in [2.75, 3.05) is 26.2 Å². The number of rotatable bonds is 8. The van der Waals surface area contributed by atoms with Crippen LogP contribution in [0.25, 0.3) is 0 Å². The highest BCUT2D eigenvalue weighted by atomic mass is 32.2. The molecule has 1 saturated carbocycles. The lowest BCUT2D eigenvalue weighted by Gasteiger charge is -2.47. The molecule has 0 bridgehead atoms. The van der Waals surface area contributed by atoms with E-state index in [0.29, 0.717) is 41.7 Å². The van der Waals surface area contributed by atoms with Crippen LogP contribution in [-0.4, -0.2) is 114 Å². The number of β-lactam (4-membered cyclic amide) rings is 1. The number of thioether (sulfide) groups is 1. The van der Waals surface area contributed by atoms with Crippen LogP contribution in [0.1, 0.15) is 26.7 Å². The second-order valence-electron chi connectivity index (χ2n) is 12.3. The normalized spacial score (nSPS) is 37.8. The van der Waals surface area contributed by atoms with Gasteiger partial charge in [-0.25, -0.2) is 9.48 Å². The number of nitrogens with one attached hydrogen (secondary N) is 3. The number of carboxylic acids is 1. The molecule has 15 heteroatoms. The fraction of sp³-hybridized carbons (Fsp3) is 0.731. The molecule has 14 nitrogen and oxygen atoms in total. The van der Waals surface area contributed by atoms with Crippen molar-refractivity contribution in [3.63, 3.8) is 0 Å². The Bertz CT molecular complexity index is 1290. The molecule has 6 aliphatic rings. The van der Waals surface area contributed by atoms with Gasteiger partial charge in [-0.15, -0.1) is 16.9 Å². The van der Waals surface area contributed by atoms with Crippen LogP contribution in [0.2, 0.25) is 0 Å². The molecule has 0 radical (unpaired) electrons. The van der Waals surface area contributed by atoms with Crippen molar-refractivity contribution in [2.45, 2.75) is 62.7 Å². The topological polar surface area (TPSA) is 175 Å². The highest BCUT2D eigenvalue weighted by molar-refractivity contribution is 8.03. The van der Waals surface area contributed by atoms with E-state index in [1.165, 1.54) is 34.1 Å². The molecule has 4 N–H and O–H groups in total. The summed E-state index contributed by atoms with van der Waals surface area (Å²) in [4.78, 5) is 55.5. The highest BCUT2D eigenvalue weighted by Crippen LogP contribution is 2.52. The Balaban J connectivity index is 0.979. The van der Waals surface area contributed by atoms with Crippen molar-refractivity contribution >= 4 is 35.5 Å². The molecule has 10 atom stereocenters. The summed E-state index contributed by atoms with van der Waals surface area (Å²) in [5.74, 6) is -0.452. The number of carbonyl (C=O) groups is 4. The molecule has 5 aliphatic heterocycles. The number of nitrogens with zero attached hydrogens (tertiary/aromatic N) is 6. The number of aliphatic carboxylic acids is 1. The monoisotopic (exact) mass is 585 g/mol. The summed E-state index contributed by atoms with van der Waals surface area (Å²) in [6.07, 6.45) is 3.16. The number of hydrogen-bond acceptors (Lipinski definition) is 10. The standard InChI is InChI=1S/C26H35N9O5S/c1-11-21-19(12(2)30-18(36)9-34-10-29-31-32-34)25(38)35(21)22(26(39)40)23(11)41-13-5-17(28-6-13)24(37)33-7-15-14-3-4-27-20(14)16(15)8-33/h10-17,19-21,27-28H,3-9H2,1-2H3,(H,30,36)(H,39,40)/t11?,12-,13+,14+,15?,16?,17+,19-,20?,21-/m1/s1. The number of hydrogen-bond donors (Lipinski definition) is 4. The van der Waals surface area contributed by atoms with Gasteiger partial charge in [0.05, 0.1) is 18.0 Å². The zero-order chi connectivity index (χ0) is 28.6. The van der Waals surface area contributed by atoms with Gasteiger partial charge < -0.3 is 30.9 Å². The van der Waals surface area contributed by atoms with E-state index in [4.69, 9.17) is 0 Å². The largest absolute Gasteiger partial charge is 0.477 e. The maximum absolute atomic E-state index is 13.4. The molecular weight excluding hydrogens is 550 g/mol. The summed E-state index contributed by atoms with van der Waals surface area (Å²) < 4.78 is 1.29. The number of tetrazole rings is 1. The van der Waals surface area contributed by atoms with Crippen LogP contribution in [0, 0.1) is 29.6 Å². The van der Waals surface area contributed by atoms with Gasteiger partial charge in [0.25, 0.3) is 0 Å². The number of likely N-dealkylation sites (tertiary alicyclic amines) is 1. The smallest absolute Gasteiger partial charge is 0.353 e. The predicted octanol–water partition coefficient (Wildman–Crippen LogP) is -1.52. The van der Waals surface area contributed by atoms with E-state index in [1.807, 2.05) is 11.8 Å². The molecule has 1 aliphatic carbocycles. The van der Waals surface area contributed by atoms with Crippen molar-refractivity contribution in [2.24, 2.45) is 29.6 Å². The molecule has 6 heterocycles. The molecule has 4 unspecified atom stereocenters. The zero-order valence-corrected chi connectivity index (χ0v) is 23.8. The van der Waals surface area contributed by atoms with Crippen LogP contribution in [0.3, 0.4) is 0 Å². The minimum absolute atomic E-state index is 0.0248. The van der Waals surface area contributed by atoms with Crippen LogP contribution < -0.4 is 16.0 Å². The van der Waals surface area contributed by atoms with E-state index >= 15 is 0 Å². The summed E-state index contributed by atoms with van der Waals surface area (Å²) in [7, 11) is 0. The first-order chi connectivity index (χ1) is 19.7. The third kappa shape index (κ3) is 4.26. The van der Waals surface area contributed by atoms with E-state index < -0.39 is 17.9 Å². The van der Waals surface area contributed by atoms with E-state index in [-0.39, 0.29) is 53.2 Å². The zero-order valence-electron chi connectivity index (χ0n) is 23.0. The van der Waals surface area contributed by atoms with Crippen molar-refractivity contribution in [1.29, 1.82) is 0 Å². The van der Waals surface area contributed by atoms with Gasteiger partial charge >= 0.3 is 5.97 Å². The average Bonchev–Trinajstić information content (AvgIpc) is 3.74. The Morgan fingerprint density at radius 3 is 2.78 bits per heavy atom. The van der Waals surface area contributed by atoms with Gasteiger partial charge in [-0.1, -0.05) is 6.92 Å². The Labute approximate surface area is 241 Å². The molecule has 5 fully saturated rings. The fourth-order valence-corrected chi connectivity index (χ4v) is 9.76. The van der Waals surface area contributed by atoms with Crippen molar-refractivity contribution in [3.8, 4) is 0 Å². The summed E-state index contributed by atoms with van der Waals surface area (Å²) in [6, 6.07) is -0.540. The lowest BCUT2D eigenvalue weighted by molar-refractivity contribution is -0.158. The second-order valence-corrected chi connectivity index (χ2v) is 13.7. The Morgan fingerprint density at radius 2 is 2.02 bits per heavy atom. The molecule has 1 aromatic heterocycles. The highest BCUT2D eigenvalue weighted by Gasteiger charge is 2.61. The van der Waals surface area contributed by atoms with Gasteiger partial charge in [-0.05, 0) is 54.5 Å². The third-order valence-electron chi connectivity index (χ3n) is 10.2. The molecule has 0 spiro atoms. The Morgan fingerprint density at radius 1 is 1.22 bits per heavy atom. The molecule has 1 aromatic rings. The quantitative estimate of drug-likeness (QED) is 0.261. The molecule has 41 heavy (non-hydrogen) atoms. The third-order valence-corrected chi connectivity index (χ3v) is 11.7. The lowest BCUT2D eigenvalue weighted by Crippen LogP contribution is -2.66. The number of aromatic nitrogens is 4. The first-order valence-corrected chi connectivity index (χ1v) is 15.3. The minimum Gasteiger partial charge on any atom is -0.477 e. The molecule has 0 aromatic carbocycles. The van der Waals surface area contributed by atoms with Gasteiger partial charge in [0.15, 0.2) is 0 Å². The Kier molecular flexibility index (Phi) is 6.58. The van der Waals surface area contributed by atoms with E-state index in [2.05, 4.69) is 31.5 Å². The predicted molar refractivity (Wildman–Crippen MR) is 145 cm³/mol. The van der Waals surface area contributed by atoms with Crippen molar-refractivity contribution in [1.82, 2.24) is 46.0 Å². The summed E-state index contributed by atoms with van der Waals surface area (Å²) >= 11 is 1.48. The molecular formula is C26H35N9O5S. The van der Waals surface area contributed by atoms with Gasteiger partial charge in [-0.3, -0.25) is 14.4 Å². The molecule has 220 valence electrons. The first kappa shape index (κ1) is 26.8. The number of amides is 3. The summed E-state index contributed by atoms with van der Waals surface area (Å²) in [5.41, 5.74) is 0.0332. The summed E-state index contributed by atoms with van der Waals surface area (Å²) in [5, 5.41) is 30.7. The second kappa shape index (κ2) is 10.1.